The topological polar surface area (TPSA) is 17.8 Å². The van der Waals surface area contributed by atoms with Crippen molar-refractivity contribution in [3.63, 3.8) is 0 Å². The fourth-order valence-corrected chi connectivity index (χ4v) is 1.53. The molecule has 0 N–H and O–H groups in total. The van der Waals surface area contributed by atoms with Gasteiger partial charge >= 0.3 is 6.18 Å². The molecule has 1 heterocycles. The third-order valence-electron chi connectivity index (χ3n) is 2.33. The first kappa shape index (κ1) is 12.5. The lowest BCUT2D eigenvalue weighted by molar-refractivity contribution is -0.141. The van der Waals surface area contributed by atoms with E-state index in [1.807, 2.05) is 0 Å². The Labute approximate surface area is 98.7 Å². The zero-order chi connectivity index (χ0) is 13.5. The monoisotopic (exact) mass is 262 g/mol. The quantitative estimate of drug-likeness (QED) is 0.719. The van der Waals surface area contributed by atoms with Crippen LogP contribution in [0.2, 0.25) is 0 Å². The van der Waals surface area contributed by atoms with Crippen LogP contribution in [-0.2, 0) is 6.18 Å². The van der Waals surface area contributed by atoms with Crippen LogP contribution < -0.4 is 0 Å². The SMILES string of the molecule is Cc1cc(C(F)(F)F)nn1-c1c(F)cccc1F. The molecule has 1 aromatic carbocycles. The summed E-state index contributed by atoms with van der Waals surface area (Å²) < 4.78 is 64.8. The first-order chi connectivity index (χ1) is 8.30. The molecule has 0 radical (unpaired) electrons. The Bertz CT molecular complexity index is 565. The minimum absolute atomic E-state index is 0.00803. The average molecular weight is 262 g/mol. The number of aromatic nitrogens is 2. The zero-order valence-corrected chi connectivity index (χ0v) is 9.09. The van der Waals surface area contributed by atoms with Gasteiger partial charge in [-0.05, 0) is 25.1 Å². The third kappa shape index (κ3) is 2.07. The molecule has 2 nitrogen and oxygen atoms in total. The molecule has 0 bridgehead atoms. The first-order valence-electron chi connectivity index (χ1n) is 4.89. The molecule has 0 aliphatic heterocycles. The van der Waals surface area contributed by atoms with Gasteiger partial charge in [-0.25, -0.2) is 13.5 Å². The Hall–Kier alpha value is -1.92. The first-order valence-corrected chi connectivity index (χ1v) is 4.89. The maximum atomic E-state index is 13.4. The van der Waals surface area contributed by atoms with Crippen LogP contribution in [0, 0.1) is 18.6 Å². The van der Waals surface area contributed by atoms with Gasteiger partial charge in [-0.1, -0.05) is 6.07 Å². The molecular formula is C11H7F5N2. The van der Waals surface area contributed by atoms with Crippen LogP contribution in [0.5, 0.6) is 0 Å². The van der Waals surface area contributed by atoms with E-state index in [0.29, 0.717) is 4.68 Å². The number of benzene rings is 1. The summed E-state index contributed by atoms with van der Waals surface area (Å²) in [6.07, 6.45) is -4.66. The summed E-state index contributed by atoms with van der Waals surface area (Å²) in [7, 11) is 0. The van der Waals surface area contributed by atoms with Crippen molar-refractivity contribution in [2.75, 3.05) is 0 Å². The Morgan fingerprint density at radius 2 is 1.67 bits per heavy atom. The molecule has 7 heteroatoms. The highest BCUT2D eigenvalue weighted by atomic mass is 19.4. The molecule has 0 amide bonds. The Morgan fingerprint density at radius 3 is 2.11 bits per heavy atom. The average Bonchev–Trinajstić information content (AvgIpc) is 2.60. The summed E-state index contributed by atoms with van der Waals surface area (Å²) in [5, 5.41) is 3.18. The Kier molecular flexibility index (Phi) is 2.84. The number of nitrogens with zero attached hydrogens (tertiary/aromatic N) is 2. The molecule has 96 valence electrons. The van der Waals surface area contributed by atoms with Crippen LogP contribution in [-0.4, -0.2) is 9.78 Å². The van der Waals surface area contributed by atoms with Gasteiger partial charge in [0.15, 0.2) is 17.3 Å². The molecule has 0 saturated heterocycles. The highest BCUT2D eigenvalue weighted by molar-refractivity contribution is 5.36. The van der Waals surface area contributed by atoms with E-state index in [1.165, 1.54) is 6.92 Å². The number of hydrogen-bond donors (Lipinski definition) is 0. The second-order valence-electron chi connectivity index (χ2n) is 3.65. The number of alkyl halides is 3. The van der Waals surface area contributed by atoms with E-state index in [1.54, 1.807) is 0 Å². The van der Waals surface area contributed by atoms with E-state index in [0.717, 1.165) is 24.3 Å². The van der Waals surface area contributed by atoms with Crippen molar-refractivity contribution in [2.45, 2.75) is 13.1 Å². The molecule has 0 atom stereocenters. The van der Waals surface area contributed by atoms with Crippen molar-refractivity contribution in [1.82, 2.24) is 9.78 Å². The Morgan fingerprint density at radius 1 is 1.11 bits per heavy atom. The predicted octanol–water partition coefficient (Wildman–Crippen LogP) is 3.48. The number of aryl methyl sites for hydroxylation is 1. The normalized spacial score (nSPS) is 11.9. The Balaban J connectivity index is 2.62. The smallest absolute Gasteiger partial charge is 0.232 e. The summed E-state index contributed by atoms with van der Waals surface area (Å²) >= 11 is 0. The summed E-state index contributed by atoms with van der Waals surface area (Å²) in [5.74, 6) is -1.95. The van der Waals surface area contributed by atoms with Crippen LogP contribution in [0.1, 0.15) is 11.4 Å². The second-order valence-corrected chi connectivity index (χ2v) is 3.65. The fourth-order valence-electron chi connectivity index (χ4n) is 1.53. The molecule has 0 aliphatic rings. The summed E-state index contributed by atoms with van der Waals surface area (Å²) in [6, 6.07) is 3.75. The van der Waals surface area contributed by atoms with Crippen molar-refractivity contribution in [2.24, 2.45) is 0 Å². The summed E-state index contributed by atoms with van der Waals surface area (Å²) in [5.41, 5.74) is -1.82. The van der Waals surface area contributed by atoms with Gasteiger partial charge in [0.25, 0.3) is 0 Å². The molecule has 18 heavy (non-hydrogen) atoms. The number of rotatable bonds is 1. The van der Waals surface area contributed by atoms with Crippen LogP contribution in [0.25, 0.3) is 5.69 Å². The van der Waals surface area contributed by atoms with Crippen LogP contribution in [0.15, 0.2) is 24.3 Å². The highest BCUT2D eigenvalue weighted by Crippen LogP contribution is 2.30. The van der Waals surface area contributed by atoms with E-state index in [2.05, 4.69) is 5.10 Å². The molecule has 0 saturated carbocycles. The van der Waals surface area contributed by atoms with E-state index >= 15 is 0 Å². The van der Waals surface area contributed by atoms with Crippen molar-refractivity contribution < 1.29 is 22.0 Å². The minimum Gasteiger partial charge on any atom is -0.232 e. The van der Waals surface area contributed by atoms with Crippen molar-refractivity contribution >= 4 is 0 Å². The second kappa shape index (κ2) is 4.08. The van der Waals surface area contributed by atoms with Gasteiger partial charge in [-0.3, -0.25) is 0 Å². The van der Waals surface area contributed by atoms with Crippen molar-refractivity contribution in [1.29, 1.82) is 0 Å². The molecule has 0 spiro atoms. The lowest BCUT2D eigenvalue weighted by Gasteiger charge is -2.07. The number of hydrogen-bond acceptors (Lipinski definition) is 1. The number of para-hydroxylation sites is 1. The van der Waals surface area contributed by atoms with Gasteiger partial charge in [0.05, 0.1) is 0 Å². The minimum atomic E-state index is -4.66. The maximum Gasteiger partial charge on any atom is 0.435 e. The van der Waals surface area contributed by atoms with Gasteiger partial charge in [0, 0.05) is 5.69 Å². The largest absolute Gasteiger partial charge is 0.435 e. The molecule has 2 rings (SSSR count). The van der Waals surface area contributed by atoms with E-state index < -0.39 is 29.2 Å². The van der Waals surface area contributed by atoms with Gasteiger partial charge in [0.2, 0.25) is 0 Å². The molecule has 0 fully saturated rings. The molecule has 0 unspecified atom stereocenters. The zero-order valence-electron chi connectivity index (χ0n) is 9.09. The van der Waals surface area contributed by atoms with Crippen LogP contribution >= 0.6 is 0 Å². The highest BCUT2D eigenvalue weighted by Gasteiger charge is 2.35. The molecule has 2 aromatic rings. The number of halogens is 5. The lowest BCUT2D eigenvalue weighted by atomic mass is 10.3. The van der Waals surface area contributed by atoms with Gasteiger partial charge in [-0.15, -0.1) is 0 Å². The summed E-state index contributed by atoms with van der Waals surface area (Å²) in [6.45, 7) is 1.29. The van der Waals surface area contributed by atoms with Crippen molar-refractivity contribution in [3.05, 3.63) is 47.3 Å². The predicted molar refractivity (Wildman–Crippen MR) is 53.2 cm³/mol. The van der Waals surface area contributed by atoms with Crippen LogP contribution in [0.3, 0.4) is 0 Å². The fraction of sp³-hybridized carbons (Fsp3) is 0.182. The molecular weight excluding hydrogens is 255 g/mol. The van der Waals surface area contributed by atoms with Gasteiger partial charge in [-0.2, -0.15) is 18.3 Å². The summed E-state index contributed by atoms with van der Waals surface area (Å²) in [4.78, 5) is 0. The lowest BCUT2D eigenvalue weighted by Crippen LogP contribution is -2.09. The van der Waals surface area contributed by atoms with Crippen LogP contribution in [0.4, 0.5) is 22.0 Å². The van der Waals surface area contributed by atoms with Gasteiger partial charge < -0.3 is 0 Å². The van der Waals surface area contributed by atoms with E-state index in [-0.39, 0.29) is 5.69 Å². The van der Waals surface area contributed by atoms with E-state index in [9.17, 15) is 22.0 Å². The standard InChI is InChI=1S/C11H7F5N2/c1-6-5-9(11(14,15)16)17-18(6)10-7(12)3-2-4-8(10)13/h2-5H,1H3. The third-order valence-corrected chi connectivity index (χ3v) is 2.33. The molecule has 1 aromatic heterocycles. The van der Waals surface area contributed by atoms with Gasteiger partial charge in [0.1, 0.15) is 5.69 Å². The van der Waals surface area contributed by atoms with E-state index in [4.69, 9.17) is 0 Å². The molecule has 0 aliphatic carbocycles. The van der Waals surface area contributed by atoms with Crippen molar-refractivity contribution in [3.8, 4) is 5.69 Å². The maximum absolute atomic E-state index is 13.4.